The van der Waals surface area contributed by atoms with E-state index in [1.165, 1.54) is 16.2 Å². The number of aromatic nitrogens is 2. The molecule has 4 rings (SSSR count). The van der Waals surface area contributed by atoms with Crippen LogP contribution in [0.25, 0.3) is 10.2 Å². The third kappa shape index (κ3) is 4.04. The summed E-state index contributed by atoms with van der Waals surface area (Å²) in [6, 6.07) is 3.88. The van der Waals surface area contributed by atoms with Crippen LogP contribution < -0.4 is 5.56 Å². The molecule has 4 heterocycles. The van der Waals surface area contributed by atoms with Crippen molar-refractivity contribution in [3.63, 3.8) is 0 Å². The Labute approximate surface area is 181 Å². The summed E-state index contributed by atoms with van der Waals surface area (Å²) in [7, 11) is 1.68. The fourth-order valence-electron chi connectivity index (χ4n) is 3.63. The van der Waals surface area contributed by atoms with Crippen LogP contribution in [0.15, 0.2) is 22.3 Å². The lowest BCUT2D eigenvalue weighted by atomic mass is 10.2. The fraction of sp³-hybridized carbons (Fsp3) is 0.429. The summed E-state index contributed by atoms with van der Waals surface area (Å²) in [4.78, 5) is 46.1. The minimum Gasteiger partial charge on any atom is -0.451 e. The Hall–Kier alpha value is -2.52. The van der Waals surface area contributed by atoms with E-state index >= 15 is 0 Å². The van der Waals surface area contributed by atoms with E-state index in [0.29, 0.717) is 33.7 Å². The molecule has 0 aliphatic carbocycles. The zero-order valence-corrected chi connectivity index (χ0v) is 18.6. The number of rotatable bonds is 5. The molecule has 3 aromatic heterocycles. The van der Waals surface area contributed by atoms with Gasteiger partial charge in [-0.1, -0.05) is 12.5 Å². The number of hydrogen-bond acceptors (Lipinski definition) is 7. The number of likely N-dealkylation sites (N-methyl/N-ethyl adjacent to an activating group) is 1. The second-order valence-corrected chi connectivity index (χ2v) is 9.47. The average Bonchev–Trinajstić information content (AvgIpc) is 3.27. The van der Waals surface area contributed by atoms with Crippen LogP contribution in [-0.4, -0.2) is 40.0 Å². The number of carbonyl (C=O) groups excluding carboxylic acids is 2. The average molecular weight is 446 g/mol. The van der Waals surface area contributed by atoms with Crippen LogP contribution in [0.4, 0.5) is 0 Å². The van der Waals surface area contributed by atoms with E-state index in [4.69, 9.17) is 4.74 Å². The summed E-state index contributed by atoms with van der Waals surface area (Å²) in [5.41, 5.74) is 0.493. The highest BCUT2D eigenvalue weighted by atomic mass is 32.1. The molecule has 0 saturated carbocycles. The Balaban J connectivity index is 1.51. The van der Waals surface area contributed by atoms with Crippen LogP contribution in [0.1, 0.15) is 45.2 Å². The number of fused-ring (bicyclic) bond motifs is 2. The molecule has 0 fully saturated rings. The molecule has 0 bridgehead atoms. The van der Waals surface area contributed by atoms with Gasteiger partial charge in [-0.2, -0.15) is 0 Å². The minimum absolute atomic E-state index is 0.0866. The van der Waals surface area contributed by atoms with E-state index in [2.05, 4.69) is 4.98 Å². The highest BCUT2D eigenvalue weighted by Gasteiger charge is 2.24. The number of nitrogens with zero attached hydrogens (tertiary/aromatic N) is 3. The third-order valence-electron chi connectivity index (χ3n) is 5.32. The molecule has 0 N–H and O–H groups in total. The highest BCUT2D eigenvalue weighted by molar-refractivity contribution is 7.20. The first-order valence-corrected chi connectivity index (χ1v) is 11.6. The number of carbonyl (C=O) groups is 2. The van der Waals surface area contributed by atoms with Gasteiger partial charge in [0.1, 0.15) is 15.5 Å². The van der Waals surface area contributed by atoms with Crippen LogP contribution in [-0.2, 0) is 29.0 Å². The maximum atomic E-state index is 13.0. The summed E-state index contributed by atoms with van der Waals surface area (Å²) >= 11 is 2.74. The molecule has 7 nitrogen and oxygen atoms in total. The summed E-state index contributed by atoms with van der Waals surface area (Å²) in [5.74, 6) is -0.0788. The zero-order chi connectivity index (χ0) is 21.3. The number of thiophene rings is 2. The second kappa shape index (κ2) is 8.69. The molecule has 0 radical (unpaired) electrons. The number of ether oxygens (including phenoxy) is 1. The van der Waals surface area contributed by atoms with Gasteiger partial charge in [0, 0.05) is 24.9 Å². The number of hydrogen-bond donors (Lipinski definition) is 0. The standard InChI is InChI=1S/C21H23N3O4S2/c1-13-17-19(22-15-8-4-3-5-9-24(15)20(17)26)30-18(13)21(27)28-12-16(25)23(2)11-14-7-6-10-29-14/h6-7,10H,3-5,8-9,11-12H2,1-2H3. The van der Waals surface area contributed by atoms with Gasteiger partial charge in [0.15, 0.2) is 6.61 Å². The monoisotopic (exact) mass is 445 g/mol. The third-order valence-corrected chi connectivity index (χ3v) is 7.35. The summed E-state index contributed by atoms with van der Waals surface area (Å²) in [6.45, 7) is 2.55. The molecule has 158 valence electrons. The van der Waals surface area contributed by atoms with Crippen molar-refractivity contribution in [1.29, 1.82) is 0 Å². The molecule has 0 aromatic carbocycles. The number of aryl methyl sites for hydroxylation is 2. The molecular weight excluding hydrogens is 422 g/mol. The van der Waals surface area contributed by atoms with Gasteiger partial charge in [-0.15, -0.1) is 22.7 Å². The van der Waals surface area contributed by atoms with E-state index in [9.17, 15) is 14.4 Å². The van der Waals surface area contributed by atoms with E-state index in [1.807, 2.05) is 17.5 Å². The normalized spacial score (nSPS) is 13.7. The molecule has 3 aromatic rings. The first-order valence-electron chi connectivity index (χ1n) is 9.92. The van der Waals surface area contributed by atoms with Crippen LogP contribution >= 0.6 is 22.7 Å². The Morgan fingerprint density at radius 3 is 2.90 bits per heavy atom. The maximum Gasteiger partial charge on any atom is 0.349 e. The Morgan fingerprint density at radius 1 is 1.30 bits per heavy atom. The molecule has 1 aliphatic rings. The van der Waals surface area contributed by atoms with Crippen LogP contribution in [0.2, 0.25) is 0 Å². The number of esters is 1. The molecule has 1 aliphatic heterocycles. The van der Waals surface area contributed by atoms with Crippen molar-refractivity contribution in [2.24, 2.45) is 0 Å². The van der Waals surface area contributed by atoms with Crippen molar-refractivity contribution < 1.29 is 14.3 Å². The second-order valence-electron chi connectivity index (χ2n) is 7.44. The first kappa shape index (κ1) is 20.7. The lowest BCUT2D eigenvalue weighted by molar-refractivity contribution is -0.133. The van der Waals surface area contributed by atoms with Crippen molar-refractivity contribution in [3.05, 3.63) is 49.0 Å². The molecule has 0 saturated heterocycles. The lowest BCUT2D eigenvalue weighted by Crippen LogP contribution is -2.30. The van der Waals surface area contributed by atoms with Crippen molar-refractivity contribution in [2.75, 3.05) is 13.7 Å². The van der Waals surface area contributed by atoms with Gasteiger partial charge in [0.05, 0.1) is 11.9 Å². The van der Waals surface area contributed by atoms with Crippen molar-refractivity contribution >= 4 is 44.8 Å². The van der Waals surface area contributed by atoms with Gasteiger partial charge in [-0.05, 0) is 36.8 Å². The Kier molecular flexibility index (Phi) is 6.01. The van der Waals surface area contributed by atoms with Crippen LogP contribution in [0.5, 0.6) is 0 Å². The summed E-state index contributed by atoms with van der Waals surface area (Å²) in [6.07, 6.45) is 3.83. The zero-order valence-electron chi connectivity index (χ0n) is 17.0. The van der Waals surface area contributed by atoms with E-state index < -0.39 is 5.97 Å². The minimum atomic E-state index is -0.590. The topological polar surface area (TPSA) is 81.5 Å². The van der Waals surface area contributed by atoms with Crippen molar-refractivity contribution in [2.45, 2.75) is 45.7 Å². The molecular formula is C21H23N3O4S2. The van der Waals surface area contributed by atoms with Gasteiger partial charge in [-0.3, -0.25) is 14.2 Å². The fourth-order valence-corrected chi connectivity index (χ4v) is 5.47. The smallest absolute Gasteiger partial charge is 0.349 e. The molecule has 1 amide bonds. The Bertz CT molecular complexity index is 1150. The summed E-state index contributed by atoms with van der Waals surface area (Å²) in [5, 5.41) is 2.44. The van der Waals surface area contributed by atoms with Gasteiger partial charge in [-0.25, -0.2) is 9.78 Å². The van der Waals surface area contributed by atoms with E-state index in [-0.39, 0.29) is 18.1 Å². The van der Waals surface area contributed by atoms with E-state index in [1.54, 1.807) is 29.9 Å². The quantitative estimate of drug-likeness (QED) is 0.563. The lowest BCUT2D eigenvalue weighted by Gasteiger charge is -2.16. The number of amides is 1. The molecule has 0 unspecified atom stereocenters. The van der Waals surface area contributed by atoms with Gasteiger partial charge in [0.25, 0.3) is 11.5 Å². The maximum absolute atomic E-state index is 13.0. The SMILES string of the molecule is Cc1c(C(=O)OCC(=O)N(C)Cc2cccs2)sc2nc3n(c(=O)c12)CCCCC3. The van der Waals surface area contributed by atoms with Gasteiger partial charge >= 0.3 is 5.97 Å². The highest BCUT2D eigenvalue weighted by Crippen LogP contribution is 2.29. The largest absolute Gasteiger partial charge is 0.451 e. The van der Waals surface area contributed by atoms with Gasteiger partial charge in [0.2, 0.25) is 0 Å². The first-order chi connectivity index (χ1) is 14.5. The van der Waals surface area contributed by atoms with Crippen LogP contribution in [0.3, 0.4) is 0 Å². The molecule has 0 spiro atoms. The predicted molar refractivity (Wildman–Crippen MR) is 117 cm³/mol. The van der Waals surface area contributed by atoms with E-state index in [0.717, 1.165) is 36.4 Å². The van der Waals surface area contributed by atoms with Crippen molar-refractivity contribution in [3.8, 4) is 0 Å². The van der Waals surface area contributed by atoms with Crippen LogP contribution in [0, 0.1) is 6.92 Å². The molecule has 9 heteroatoms. The summed E-state index contributed by atoms with van der Waals surface area (Å²) < 4.78 is 7.02. The predicted octanol–water partition coefficient (Wildman–Crippen LogP) is 3.37. The molecule has 30 heavy (non-hydrogen) atoms. The van der Waals surface area contributed by atoms with Gasteiger partial charge < -0.3 is 9.64 Å². The molecule has 0 atom stereocenters. The Morgan fingerprint density at radius 2 is 2.13 bits per heavy atom. The van der Waals surface area contributed by atoms with Crippen molar-refractivity contribution in [1.82, 2.24) is 14.5 Å².